The number of aliphatic hydroxyl groups is 1. The van der Waals surface area contributed by atoms with Crippen LogP contribution in [0.25, 0.3) is 5.76 Å². The van der Waals surface area contributed by atoms with Crippen LogP contribution in [0.3, 0.4) is 0 Å². The summed E-state index contributed by atoms with van der Waals surface area (Å²) in [6.45, 7) is 4.87. The number of hydrogen-bond donors (Lipinski definition) is 1. The average molecular weight is 369 g/mol. The molecule has 0 spiro atoms. The number of Topliss-reactive ketones (excluding diaryl/α,β-unsaturated/α-hetero) is 1. The number of hydrogen-bond acceptors (Lipinski definition) is 5. The maximum absolute atomic E-state index is 12.7. The Labute approximate surface area is 158 Å². The lowest BCUT2D eigenvalue weighted by Gasteiger charge is -2.22. The van der Waals surface area contributed by atoms with Crippen molar-refractivity contribution in [3.63, 3.8) is 0 Å². The average Bonchev–Trinajstić information content (AvgIpc) is 3.29. The molecule has 2 aromatic rings. The number of ketones is 1. The van der Waals surface area contributed by atoms with Gasteiger partial charge in [-0.3, -0.25) is 9.59 Å². The molecule has 0 saturated carbocycles. The Morgan fingerprint density at radius 2 is 2.00 bits per heavy atom. The van der Waals surface area contributed by atoms with Gasteiger partial charge in [-0.15, -0.1) is 0 Å². The third-order valence-corrected chi connectivity index (χ3v) is 4.40. The van der Waals surface area contributed by atoms with Crippen LogP contribution in [0, 0.1) is 0 Å². The number of carbonyl (C=O) groups excluding carboxylic acids is 2. The highest BCUT2D eigenvalue weighted by molar-refractivity contribution is 6.46. The number of benzene rings is 1. The summed E-state index contributed by atoms with van der Waals surface area (Å²) in [4.78, 5) is 26.7. The van der Waals surface area contributed by atoms with Crippen molar-refractivity contribution >= 4 is 17.4 Å². The number of furan rings is 1. The van der Waals surface area contributed by atoms with E-state index in [1.807, 2.05) is 13.8 Å². The van der Waals surface area contributed by atoms with Crippen molar-refractivity contribution in [3.05, 3.63) is 59.6 Å². The number of carbonyl (C=O) groups is 2. The summed E-state index contributed by atoms with van der Waals surface area (Å²) in [6, 6.07) is 9.53. The molecule has 1 aliphatic heterocycles. The van der Waals surface area contributed by atoms with E-state index >= 15 is 0 Å². The lowest BCUT2D eigenvalue weighted by molar-refractivity contribution is -0.140. The Bertz CT molecular complexity index is 853. The zero-order valence-corrected chi connectivity index (χ0v) is 15.5. The third-order valence-electron chi connectivity index (χ3n) is 4.40. The van der Waals surface area contributed by atoms with Gasteiger partial charge in [0, 0.05) is 12.1 Å². The lowest BCUT2D eigenvalue weighted by atomic mass is 9.99. The first-order valence-corrected chi connectivity index (χ1v) is 9.13. The second kappa shape index (κ2) is 8.12. The van der Waals surface area contributed by atoms with E-state index in [9.17, 15) is 14.7 Å². The Morgan fingerprint density at radius 3 is 2.67 bits per heavy atom. The lowest BCUT2D eigenvalue weighted by Crippen LogP contribution is -2.30. The van der Waals surface area contributed by atoms with Gasteiger partial charge in [-0.2, -0.15) is 0 Å². The van der Waals surface area contributed by atoms with E-state index in [2.05, 4.69) is 0 Å². The first-order valence-electron chi connectivity index (χ1n) is 9.13. The first-order chi connectivity index (χ1) is 13.1. The molecule has 27 heavy (non-hydrogen) atoms. The molecule has 6 heteroatoms. The molecule has 0 aliphatic carbocycles. The predicted octanol–water partition coefficient (Wildman–Crippen LogP) is 3.90. The molecular formula is C21H23NO5. The van der Waals surface area contributed by atoms with Crippen molar-refractivity contribution in [2.45, 2.75) is 32.7 Å². The van der Waals surface area contributed by atoms with E-state index in [4.69, 9.17) is 9.15 Å². The number of rotatable bonds is 7. The monoisotopic (exact) mass is 369 g/mol. The molecule has 1 unspecified atom stereocenters. The minimum absolute atomic E-state index is 0.0380. The molecule has 1 atom stereocenters. The maximum atomic E-state index is 12.7. The van der Waals surface area contributed by atoms with Crippen LogP contribution < -0.4 is 4.74 Å². The predicted molar refractivity (Wildman–Crippen MR) is 100 cm³/mol. The van der Waals surface area contributed by atoms with Gasteiger partial charge in [-0.25, -0.2) is 0 Å². The summed E-state index contributed by atoms with van der Waals surface area (Å²) in [5, 5.41) is 10.9. The van der Waals surface area contributed by atoms with Crippen LogP contribution in [0.15, 0.2) is 52.7 Å². The molecule has 1 aromatic carbocycles. The molecule has 1 aromatic heterocycles. The van der Waals surface area contributed by atoms with Gasteiger partial charge in [0.15, 0.2) is 0 Å². The van der Waals surface area contributed by atoms with Crippen molar-refractivity contribution in [1.29, 1.82) is 0 Å². The van der Waals surface area contributed by atoms with Crippen LogP contribution >= 0.6 is 0 Å². The summed E-state index contributed by atoms with van der Waals surface area (Å²) in [7, 11) is 0. The number of likely N-dealkylation sites (tertiary alicyclic amines) is 1. The van der Waals surface area contributed by atoms with Gasteiger partial charge >= 0.3 is 0 Å². The highest BCUT2D eigenvalue weighted by Crippen LogP contribution is 2.39. The SMILES string of the molecule is CCCOc1cccc(/C(O)=C2/C(=O)C(=O)N(CCC)C2c2ccco2)c1. The van der Waals surface area contributed by atoms with Crippen molar-refractivity contribution in [1.82, 2.24) is 4.90 Å². The van der Waals surface area contributed by atoms with Gasteiger partial charge in [-0.1, -0.05) is 26.0 Å². The molecule has 1 amide bonds. The Hall–Kier alpha value is -3.02. The van der Waals surface area contributed by atoms with Crippen LogP contribution in [0.1, 0.15) is 44.1 Å². The molecule has 1 saturated heterocycles. The van der Waals surface area contributed by atoms with Crippen LogP contribution in [0.4, 0.5) is 0 Å². The van der Waals surface area contributed by atoms with E-state index in [1.165, 1.54) is 11.2 Å². The summed E-state index contributed by atoms with van der Waals surface area (Å²) in [6.07, 6.45) is 3.03. The third kappa shape index (κ3) is 3.60. The zero-order chi connectivity index (χ0) is 19.4. The van der Waals surface area contributed by atoms with Gasteiger partial charge in [0.05, 0.1) is 18.4 Å². The minimum atomic E-state index is -0.736. The number of ether oxygens (including phenoxy) is 1. The molecule has 0 bridgehead atoms. The number of amides is 1. The topological polar surface area (TPSA) is 80.0 Å². The molecule has 142 valence electrons. The Kier molecular flexibility index (Phi) is 5.64. The summed E-state index contributed by atoms with van der Waals surface area (Å²) in [5.41, 5.74) is 0.464. The van der Waals surface area contributed by atoms with Gasteiger partial charge in [0.1, 0.15) is 23.3 Å². The van der Waals surface area contributed by atoms with Crippen molar-refractivity contribution in [3.8, 4) is 5.75 Å². The number of aliphatic hydroxyl groups excluding tert-OH is 1. The van der Waals surface area contributed by atoms with E-state index in [-0.39, 0.29) is 11.3 Å². The molecule has 3 rings (SSSR count). The molecule has 0 radical (unpaired) electrons. The number of nitrogens with zero attached hydrogens (tertiary/aromatic N) is 1. The van der Waals surface area contributed by atoms with Crippen LogP contribution in [0.5, 0.6) is 5.75 Å². The standard InChI is InChI=1S/C21H23NO5/c1-3-10-22-18(16-9-6-12-27-16)17(20(24)21(22)25)19(23)14-7-5-8-15(13-14)26-11-4-2/h5-9,12-13,18,23H,3-4,10-11H2,1-2H3/b19-17-. The molecule has 2 heterocycles. The fraction of sp³-hybridized carbons (Fsp3) is 0.333. The van der Waals surface area contributed by atoms with E-state index in [0.29, 0.717) is 36.6 Å². The smallest absolute Gasteiger partial charge is 0.295 e. The first kappa shape index (κ1) is 18.8. The van der Waals surface area contributed by atoms with E-state index in [0.717, 1.165) is 6.42 Å². The molecule has 1 N–H and O–H groups in total. The van der Waals surface area contributed by atoms with Crippen molar-refractivity contribution < 1.29 is 23.8 Å². The summed E-state index contributed by atoms with van der Waals surface area (Å²) in [5.74, 6) is -0.517. The largest absolute Gasteiger partial charge is 0.507 e. The molecule has 1 aliphatic rings. The van der Waals surface area contributed by atoms with E-state index in [1.54, 1.807) is 36.4 Å². The fourth-order valence-corrected chi connectivity index (χ4v) is 3.20. The van der Waals surface area contributed by atoms with Crippen molar-refractivity contribution in [2.24, 2.45) is 0 Å². The highest BCUT2D eigenvalue weighted by Gasteiger charge is 2.47. The van der Waals surface area contributed by atoms with Crippen molar-refractivity contribution in [2.75, 3.05) is 13.2 Å². The van der Waals surface area contributed by atoms with Gasteiger partial charge in [0.25, 0.3) is 11.7 Å². The quantitative estimate of drug-likeness (QED) is 0.455. The maximum Gasteiger partial charge on any atom is 0.295 e. The fourth-order valence-electron chi connectivity index (χ4n) is 3.20. The van der Waals surface area contributed by atoms with Gasteiger partial charge < -0.3 is 19.2 Å². The zero-order valence-electron chi connectivity index (χ0n) is 15.5. The van der Waals surface area contributed by atoms with Gasteiger partial charge in [-0.05, 0) is 37.1 Å². The Balaban J connectivity index is 2.08. The molecule has 6 nitrogen and oxygen atoms in total. The molecule has 1 fully saturated rings. The van der Waals surface area contributed by atoms with Crippen LogP contribution in [-0.2, 0) is 9.59 Å². The normalized spacial score (nSPS) is 18.9. The van der Waals surface area contributed by atoms with Crippen LogP contribution in [-0.4, -0.2) is 34.8 Å². The summed E-state index contributed by atoms with van der Waals surface area (Å²) >= 11 is 0. The highest BCUT2D eigenvalue weighted by atomic mass is 16.5. The Morgan fingerprint density at radius 1 is 1.19 bits per heavy atom. The second-order valence-corrected chi connectivity index (χ2v) is 6.38. The molecular weight excluding hydrogens is 346 g/mol. The van der Waals surface area contributed by atoms with E-state index < -0.39 is 17.7 Å². The van der Waals surface area contributed by atoms with Gasteiger partial charge in [0.2, 0.25) is 0 Å². The second-order valence-electron chi connectivity index (χ2n) is 6.38. The minimum Gasteiger partial charge on any atom is -0.507 e. The summed E-state index contributed by atoms with van der Waals surface area (Å²) < 4.78 is 11.1. The van der Waals surface area contributed by atoms with Crippen LogP contribution in [0.2, 0.25) is 0 Å².